The fraction of sp³-hybridized carbons (Fsp3) is 0.100. The second-order valence-electron chi connectivity index (χ2n) is 6.24. The maximum absolute atomic E-state index is 13.1. The van der Waals surface area contributed by atoms with E-state index in [9.17, 15) is 4.79 Å². The minimum Gasteiger partial charge on any atom is -0.454 e. The molecule has 0 unspecified atom stereocenters. The summed E-state index contributed by atoms with van der Waals surface area (Å²) < 4.78 is 12.3. The average Bonchev–Trinajstić information content (AvgIpc) is 3.26. The summed E-state index contributed by atoms with van der Waals surface area (Å²) in [6, 6.07) is 15.3. The highest BCUT2D eigenvalue weighted by Gasteiger charge is 2.18. The predicted octanol–water partition coefficient (Wildman–Crippen LogP) is 3.42. The van der Waals surface area contributed by atoms with Gasteiger partial charge in [0.25, 0.3) is 5.56 Å². The van der Waals surface area contributed by atoms with Crippen molar-refractivity contribution in [2.75, 3.05) is 6.79 Å². The second kappa shape index (κ2) is 5.49. The number of fused-ring (bicyclic) bond motifs is 2. The van der Waals surface area contributed by atoms with Crippen LogP contribution >= 0.6 is 0 Å². The van der Waals surface area contributed by atoms with Gasteiger partial charge in [0.2, 0.25) is 6.79 Å². The van der Waals surface area contributed by atoms with Crippen LogP contribution in [0.5, 0.6) is 11.5 Å². The van der Waals surface area contributed by atoms with E-state index in [0.717, 1.165) is 22.4 Å². The Morgan fingerprint density at radius 2 is 1.85 bits per heavy atom. The molecule has 0 bridgehead atoms. The minimum atomic E-state index is -0.135. The second-order valence-corrected chi connectivity index (χ2v) is 6.24. The third-order valence-corrected chi connectivity index (χ3v) is 4.56. The molecule has 0 saturated carbocycles. The van der Waals surface area contributed by atoms with Gasteiger partial charge in [0.05, 0.1) is 11.1 Å². The zero-order valence-corrected chi connectivity index (χ0v) is 14.0. The summed E-state index contributed by atoms with van der Waals surface area (Å²) in [5.74, 6) is 1.40. The molecule has 0 fully saturated rings. The minimum absolute atomic E-state index is 0.135. The largest absolute Gasteiger partial charge is 0.454 e. The van der Waals surface area contributed by atoms with E-state index in [1.165, 1.54) is 4.68 Å². The maximum Gasteiger partial charge on any atom is 0.281 e. The van der Waals surface area contributed by atoms with Gasteiger partial charge in [-0.25, -0.2) is 9.67 Å². The number of hydrogen-bond acceptors (Lipinski definition) is 4. The summed E-state index contributed by atoms with van der Waals surface area (Å²) in [7, 11) is 0. The first-order valence-corrected chi connectivity index (χ1v) is 8.27. The van der Waals surface area contributed by atoms with E-state index in [2.05, 4.69) is 10.1 Å². The molecule has 1 aliphatic rings. The molecule has 2 aromatic carbocycles. The molecule has 4 aromatic rings. The Hall–Kier alpha value is -3.54. The van der Waals surface area contributed by atoms with Crippen molar-refractivity contribution in [2.45, 2.75) is 6.92 Å². The van der Waals surface area contributed by atoms with Crippen LogP contribution in [0.4, 0.5) is 0 Å². The molecule has 0 saturated heterocycles. The normalized spacial score (nSPS) is 12.7. The molecular weight excluding hydrogens is 330 g/mol. The third kappa shape index (κ3) is 2.19. The smallest absolute Gasteiger partial charge is 0.281 e. The lowest BCUT2D eigenvalue weighted by molar-refractivity contribution is 0.174. The van der Waals surface area contributed by atoms with Gasteiger partial charge in [-0.05, 0) is 48.4 Å². The molecule has 26 heavy (non-hydrogen) atoms. The van der Waals surface area contributed by atoms with Crippen LogP contribution in [0.15, 0.2) is 59.5 Å². The van der Waals surface area contributed by atoms with Gasteiger partial charge >= 0.3 is 0 Å². The van der Waals surface area contributed by atoms with Crippen LogP contribution in [-0.4, -0.2) is 21.6 Å². The Labute approximate surface area is 148 Å². The number of aryl methyl sites for hydroxylation is 1. The van der Waals surface area contributed by atoms with Gasteiger partial charge < -0.3 is 9.47 Å². The Balaban J connectivity index is 1.72. The molecule has 0 atom stereocenters. The number of hydrogen-bond donors (Lipinski definition) is 1. The number of pyridine rings is 1. The molecule has 6 nitrogen and oxygen atoms in total. The molecule has 1 N–H and O–H groups in total. The number of ether oxygens (including phenoxy) is 2. The van der Waals surface area contributed by atoms with Gasteiger partial charge in [0, 0.05) is 6.20 Å². The molecule has 1 aliphatic heterocycles. The van der Waals surface area contributed by atoms with Crippen LogP contribution in [0.2, 0.25) is 0 Å². The first-order valence-electron chi connectivity index (χ1n) is 8.27. The van der Waals surface area contributed by atoms with Crippen molar-refractivity contribution in [3.63, 3.8) is 0 Å². The molecular formula is C20H15N3O3. The highest BCUT2D eigenvalue weighted by atomic mass is 16.7. The van der Waals surface area contributed by atoms with Gasteiger partial charge in [0.1, 0.15) is 0 Å². The fourth-order valence-corrected chi connectivity index (χ4v) is 3.21. The van der Waals surface area contributed by atoms with Crippen LogP contribution in [0.3, 0.4) is 0 Å². The predicted molar refractivity (Wildman–Crippen MR) is 98.0 cm³/mol. The van der Waals surface area contributed by atoms with Gasteiger partial charge in [-0.15, -0.1) is 0 Å². The standard InChI is InChI=1S/C20H15N3O3/c1-12-2-5-14(6-3-12)23-20(24)18-15(8-9-21-19(18)22-23)13-4-7-16-17(10-13)26-11-25-16/h2-10H,11H2,1H3,(H,21,22). The molecule has 0 aliphatic carbocycles. The van der Waals surface area contributed by atoms with Crippen molar-refractivity contribution >= 4 is 11.0 Å². The molecule has 5 rings (SSSR count). The van der Waals surface area contributed by atoms with E-state index >= 15 is 0 Å². The summed E-state index contributed by atoms with van der Waals surface area (Å²) in [4.78, 5) is 17.4. The highest BCUT2D eigenvalue weighted by Crippen LogP contribution is 2.37. The summed E-state index contributed by atoms with van der Waals surface area (Å²) in [5, 5.41) is 3.65. The van der Waals surface area contributed by atoms with Crippen LogP contribution in [0.1, 0.15) is 5.56 Å². The van der Waals surface area contributed by atoms with Crippen molar-refractivity contribution in [1.82, 2.24) is 14.8 Å². The fourth-order valence-electron chi connectivity index (χ4n) is 3.21. The first-order chi connectivity index (χ1) is 12.7. The molecule has 0 spiro atoms. The number of aromatic amines is 1. The maximum atomic E-state index is 13.1. The summed E-state index contributed by atoms with van der Waals surface area (Å²) in [5.41, 5.74) is 4.01. The molecule has 3 heterocycles. The SMILES string of the molecule is Cc1ccc(-n2[nH]c3nccc(-c4ccc5c(c4)OCO5)c3c2=O)cc1. The quantitative estimate of drug-likeness (QED) is 0.604. The zero-order chi connectivity index (χ0) is 17.7. The number of rotatable bonds is 2. The van der Waals surface area contributed by atoms with E-state index in [4.69, 9.17) is 9.47 Å². The van der Waals surface area contributed by atoms with Crippen molar-refractivity contribution < 1.29 is 9.47 Å². The summed E-state index contributed by atoms with van der Waals surface area (Å²) >= 11 is 0. The Morgan fingerprint density at radius 1 is 1.04 bits per heavy atom. The molecule has 128 valence electrons. The van der Waals surface area contributed by atoms with Crippen molar-refractivity contribution in [3.8, 4) is 28.3 Å². The van der Waals surface area contributed by atoms with Gasteiger partial charge in [-0.2, -0.15) is 0 Å². The summed E-state index contributed by atoms with van der Waals surface area (Å²) in [6.45, 7) is 2.23. The Kier molecular flexibility index (Phi) is 3.12. The summed E-state index contributed by atoms with van der Waals surface area (Å²) in [6.07, 6.45) is 1.69. The van der Waals surface area contributed by atoms with Crippen molar-refractivity contribution in [3.05, 3.63) is 70.6 Å². The van der Waals surface area contributed by atoms with E-state index in [0.29, 0.717) is 22.5 Å². The Bertz CT molecular complexity index is 1190. The highest BCUT2D eigenvalue weighted by molar-refractivity contribution is 5.92. The lowest BCUT2D eigenvalue weighted by Crippen LogP contribution is -2.14. The molecule has 0 radical (unpaired) electrons. The first kappa shape index (κ1) is 14.8. The lowest BCUT2D eigenvalue weighted by Gasteiger charge is -2.04. The van der Waals surface area contributed by atoms with E-state index in [1.807, 2.05) is 55.5 Å². The van der Waals surface area contributed by atoms with Crippen LogP contribution in [0, 0.1) is 6.92 Å². The number of aromatic nitrogens is 3. The van der Waals surface area contributed by atoms with E-state index in [-0.39, 0.29) is 12.4 Å². The number of nitrogens with one attached hydrogen (secondary N) is 1. The number of benzene rings is 2. The van der Waals surface area contributed by atoms with E-state index in [1.54, 1.807) is 6.20 Å². The topological polar surface area (TPSA) is 69.1 Å². The average molecular weight is 345 g/mol. The zero-order valence-electron chi connectivity index (χ0n) is 14.0. The van der Waals surface area contributed by atoms with Gasteiger partial charge in [0.15, 0.2) is 17.1 Å². The molecule has 6 heteroatoms. The van der Waals surface area contributed by atoms with Gasteiger partial charge in [-0.3, -0.25) is 9.89 Å². The lowest BCUT2D eigenvalue weighted by atomic mass is 10.0. The molecule has 0 amide bonds. The van der Waals surface area contributed by atoms with Gasteiger partial charge in [-0.1, -0.05) is 23.8 Å². The molecule has 2 aromatic heterocycles. The Morgan fingerprint density at radius 3 is 2.69 bits per heavy atom. The van der Waals surface area contributed by atoms with Crippen LogP contribution < -0.4 is 15.0 Å². The monoisotopic (exact) mass is 345 g/mol. The number of nitrogens with zero attached hydrogens (tertiary/aromatic N) is 2. The van der Waals surface area contributed by atoms with E-state index < -0.39 is 0 Å². The van der Waals surface area contributed by atoms with Crippen molar-refractivity contribution in [2.24, 2.45) is 0 Å². The number of H-pyrrole nitrogens is 1. The van der Waals surface area contributed by atoms with Crippen molar-refractivity contribution in [1.29, 1.82) is 0 Å². The van der Waals surface area contributed by atoms with Crippen LogP contribution in [0.25, 0.3) is 27.8 Å². The van der Waals surface area contributed by atoms with Crippen LogP contribution in [-0.2, 0) is 0 Å². The third-order valence-electron chi connectivity index (χ3n) is 4.56.